The topological polar surface area (TPSA) is 44.1 Å². The molecule has 1 aliphatic carbocycles. The highest BCUT2D eigenvalue weighted by Gasteiger charge is 2.31. The minimum absolute atomic E-state index is 0.154. The van der Waals surface area contributed by atoms with E-state index in [4.69, 9.17) is 5.26 Å². The van der Waals surface area contributed by atoms with Crippen LogP contribution in [0.2, 0.25) is 0 Å². The van der Waals surface area contributed by atoms with Crippen LogP contribution in [0.5, 0.6) is 0 Å². The number of nitriles is 1. The summed E-state index contributed by atoms with van der Waals surface area (Å²) in [6, 6.07) is 8.68. The molecule has 2 rings (SSSR count). The van der Waals surface area contributed by atoms with Crippen LogP contribution in [0.4, 0.5) is 0 Å². The number of nitrogens with zero attached hydrogens (tertiary/aromatic N) is 2. The Morgan fingerprint density at radius 3 is 2.68 bits per heavy atom. The molecule has 3 heteroatoms. The molecule has 0 atom stereocenters. The Labute approximate surface area is 114 Å². The van der Waals surface area contributed by atoms with Crippen LogP contribution in [-0.4, -0.2) is 23.4 Å². The molecule has 3 nitrogen and oxygen atoms in total. The van der Waals surface area contributed by atoms with E-state index in [1.165, 1.54) is 11.1 Å². The van der Waals surface area contributed by atoms with Gasteiger partial charge in [-0.2, -0.15) is 5.26 Å². The van der Waals surface area contributed by atoms with Crippen LogP contribution in [0.3, 0.4) is 0 Å². The normalized spacial score (nSPS) is 13.9. The van der Waals surface area contributed by atoms with E-state index in [2.05, 4.69) is 32.0 Å². The van der Waals surface area contributed by atoms with Crippen molar-refractivity contribution in [3.63, 3.8) is 0 Å². The summed E-state index contributed by atoms with van der Waals surface area (Å²) in [7, 11) is 0. The van der Waals surface area contributed by atoms with Gasteiger partial charge in [-0.05, 0) is 43.4 Å². The zero-order chi connectivity index (χ0) is 13.8. The van der Waals surface area contributed by atoms with E-state index < -0.39 is 0 Å². The zero-order valence-corrected chi connectivity index (χ0v) is 11.6. The van der Waals surface area contributed by atoms with Crippen LogP contribution < -0.4 is 0 Å². The van der Waals surface area contributed by atoms with Gasteiger partial charge >= 0.3 is 0 Å². The van der Waals surface area contributed by atoms with Gasteiger partial charge in [-0.3, -0.25) is 4.79 Å². The number of carbonyl (C=O) groups is 1. The zero-order valence-electron chi connectivity index (χ0n) is 11.6. The van der Waals surface area contributed by atoms with Crippen LogP contribution in [0.15, 0.2) is 18.2 Å². The van der Waals surface area contributed by atoms with E-state index in [-0.39, 0.29) is 5.91 Å². The van der Waals surface area contributed by atoms with Crippen LogP contribution in [0.1, 0.15) is 36.0 Å². The molecule has 0 aliphatic heterocycles. The van der Waals surface area contributed by atoms with Gasteiger partial charge in [0, 0.05) is 12.6 Å². The van der Waals surface area contributed by atoms with Crippen molar-refractivity contribution in [2.45, 2.75) is 45.6 Å². The highest BCUT2D eigenvalue weighted by molar-refractivity contribution is 5.79. The molecule has 0 spiro atoms. The lowest BCUT2D eigenvalue weighted by atomic mass is 10.0. The number of carbonyl (C=O) groups excluding carboxylic acids is 1. The molecule has 0 unspecified atom stereocenters. The van der Waals surface area contributed by atoms with Crippen molar-refractivity contribution in [1.82, 2.24) is 4.90 Å². The summed E-state index contributed by atoms with van der Waals surface area (Å²) in [5.74, 6) is 0.154. The Balaban J connectivity index is 2.01. The predicted octanol–water partition coefficient (Wildman–Crippen LogP) is 2.75. The average Bonchev–Trinajstić information content (AvgIpc) is 3.19. The first-order valence-corrected chi connectivity index (χ1v) is 6.84. The maximum absolute atomic E-state index is 12.3. The second-order valence-corrected chi connectivity index (χ2v) is 5.32. The average molecular weight is 256 g/mol. The largest absolute Gasteiger partial charge is 0.338 e. The molecule has 0 radical (unpaired) electrons. The molecule has 1 amide bonds. The summed E-state index contributed by atoms with van der Waals surface area (Å²) in [6.07, 6.45) is 3.05. The highest BCUT2D eigenvalue weighted by Crippen LogP contribution is 2.27. The van der Waals surface area contributed by atoms with Gasteiger partial charge < -0.3 is 4.90 Å². The van der Waals surface area contributed by atoms with Gasteiger partial charge in [0.1, 0.15) is 0 Å². The number of hydrogen-bond acceptors (Lipinski definition) is 2. The highest BCUT2D eigenvalue weighted by atomic mass is 16.2. The summed E-state index contributed by atoms with van der Waals surface area (Å²) in [5.41, 5.74) is 3.54. The summed E-state index contributed by atoms with van der Waals surface area (Å²) < 4.78 is 0. The van der Waals surface area contributed by atoms with Crippen molar-refractivity contribution < 1.29 is 4.79 Å². The molecule has 1 fully saturated rings. The molecule has 0 heterocycles. The third kappa shape index (κ3) is 3.57. The minimum atomic E-state index is 0.154. The molecule has 1 aromatic carbocycles. The van der Waals surface area contributed by atoms with E-state index >= 15 is 0 Å². The van der Waals surface area contributed by atoms with Crippen molar-refractivity contribution in [1.29, 1.82) is 5.26 Å². The lowest BCUT2D eigenvalue weighted by molar-refractivity contribution is -0.131. The van der Waals surface area contributed by atoms with Gasteiger partial charge in [-0.15, -0.1) is 0 Å². The first-order valence-electron chi connectivity index (χ1n) is 6.84. The molecule has 100 valence electrons. The number of hydrogen-bond donors (Lipinski definition) is 0. The monoisotopic (exact) mass is 256 g/mol. The molecule has 1 aromatic rings. The fourth-order valence-corrected chi connectivity index (χ4v) is 2.26. The van der Waals surface area contributed by atoms with E-state index in [9.17, 15) is 4.79 Å². The van der Waals surface area contributed by atoms with Gasteiger partial charge in [0.25, 0.3) is 0 Å². The Morgan fingerprint density at radius 2 is 2.11 bits per heavy atom. The molecule has 0 N–H and O–H groups in total. The van der Waals surface area contributed by atoms with Gasteiger partial charge in [-0.25, -0.2) is 0 Å². The standard InChI is InChI=1S/C16H20N2O/c1-12-4-5-14(10-13(12)2)11-16(19)18(9-3-8-17)15-6-7-15/h4-5,10,15H,3,6-7,9,11H2,1-2H3. The van der Waals surface area contributed by atoms with E-state index in [1.807, 2.05) is 11.0 Å². The first kappa shape index (κ1) is 13.6. The van der Waals surface area contributed by atoms with E-state index in [0.29, 0.717) is 25.4 Å². The third-order valence-electron chi connectivity index (χ3n) is 3.70. The first-order chi connectivity index (χ1) is 9.11. The maximum Gasteiger partial charge on any atom is 0.227 e. The molecule has 0 bridgehead atoms. The van der Waals surface area contributed by atoms with Crippen molar-refractivity contribution in [3.05, 3.63) is 34.9 Å². The Hall–Kier alpha value is -1.82. The summed E-state index contributed by atoms with van der Waals surface area (Å²) in [4.78, 5) is 14.2. The van der Waals surface area contributed by atoms with Crippen LogP contribution in [0, 0.1) is 25.2 Å². The van der Waals surface area contributed by atoms with Crippen LogP contribution in [0.25, 0.3) is 0 Å². The number of rotatable bonds is 5. The van der Waals surface area contributed by atoms with Crippen molar-refractivity contribution in [3.8, 4) is 6.07 Å². The predicted molar refractivity (Wildman–Crippen MR) is 74.6 cm³/mol. The molecule has 0 aromatic heterocycles. The fraction of sp³-hybridized carbons (Fsp3) is 0.500. The molecular weight excluding hydrogens is 236 g/mol. The summed E-state index contributed by atoms with van der Waals surface area (Å²) >= 11 is 0. The second kappa shape index (κ2) is 5.88. The lowest BCUT2D eigenvalue weighted by Gasteiger charge is -2.21. The van der Waals surface area contributed by atoms with Crippen molar-refractivity contribution >= 4 is 5.91 Å². The van der Waals surface area contributed by atoms with Crippen molar-refractivity contribution in [2.24, 2.45) is 0 Å². The Kier molecular flexibility index (Phi) is 4.21. The Bertz CT molecular complexity index is 512. The molecule has 1 aliphatic rings. The number of amides is 1. The van der Waals surface area contributed by atoms with E-state index in [0.717, 1.165) is 18.4 Å². The molecule has 19 heavy (non-hydrogen) atoms. The van der Waals surface area contributed by atoms with Crippen molar-refractivity contribution in [2.75, 3.05) is 6.54 Å². The van der Waals surface area contributed by atoms with Crippen LogP contribution >= 0.6 is 0 Å². The maximum atomic E-state index is 12.3. The Morgan fingerprint density at radius 1 is 1.37 bits per heavy atom. The minimum Gasteiger partial charge on any atom is -0.338 e. The van der Waals surface area contributed by atoms with Crippen LogP contribution in [-0.2, 0) is 11.2 Å². The van der Waals surface area contributed by atoms with Gasteiger partial charge in [-0.1, -0.05) is 18.2 Å². The molecular formula is C16H20N2O. The quantitative estimate of drug-likeness (QED) is 0.813. The molecule has 0 saturated heterocycles. The number of benzene rings is 1. The smallest absolute Gasteiger partial charge is 0.227 e. The summed E-state index contributed by atoms with van der Waals surface area (Å²) in [5, 5.41) is 8.67. The fourth-order valence-electron chi connectivity index (χ4n) is 2.26. The SMILES string of the molecule is Cc1ccc(CC(=O)N(CCC#N)C2CC2)cc1C. The van der Waals surface area contributed by atoms with Gasteiger partial charge in [0.2, 0.25) is 5.91 Å². The number of aryl methyl sites for hydroxylation is 2. The third-order valence-corrected chi connectivity index (χ3v) is 3.70. The van der Waals surface area contributed by atoms with Gasteiger partial charge in [0.05, 0.1) is 18.9 Å². The van der Waals surface area contributed by atoms with Gasteiger partial charge in [0.15, 0.2) is 0 Å². The lowest BCUT2D eigenvalue weighted by Crippen LogP contribution is -2.35. The van der Waals surface area contributed by atoms with E-state index in [1.54, 1.807) is 0 Å². The second-order valence-electron chi connectivity index (χ2n) is 5.32. The molecule has 1 saturated carbocycles. The summed E-state index contributed by atoms with van der Waals surface area (Å²) in [6.45, 7) is 4.72.